The second kappa shape index (κ2) is 6.67. The van der Waals surface area contributed by atoms with Crippen molar-refractivity contribution >= 4 is 21.4 Å². The quantitative estimate of drug-likeness (QED) is 0.829. The Labute approximate surface area is 133 Å². The van der Waals surface area contributed by atoms with E-state index < -0.39 is 14.6 Å². The summed E-state index contributed by atoms with van der Waals surface area (Å²) < 4.78 is 25.1. The molecule has 122 valence electrons. The van der Waals surface area contributed by atoms with Crippen molar-refractivity contribution in [1.82, 2.24) is 15.1 Å². The first-order valence-electron chi connectivity index (χ1n) is 7.13. The number of halogens is 1. The fourth-order valence-corrected chi connectivity index (χ4v) is 3.16. The topological polar surface area (TPSA) is 64.0 Å². The molecule has 1 atom stereocenters. The minimum atomic E-state index is -3.21. The summed E-state index contributed by atoms with van der Waals surface area (Å²) in [6, 6.07) is -0.222. The van der Waals surface area contributed by atoms with Crippen molar-refractivity contribution in [2.75, 3.05) is 12.8 Å². The molecule has 1 heterocycles. The van der Waals surface area contributed by atoms with Gasteiger partial charge < -0.3 is 5.32 Å². The highest BCUT2D eigenvalue weighted by Gasteiger charge is 2.39. The van der Waals surface area contributed by atoms with Crippen LogP contribution in [0.4, 0.5) is 0 Å². The third-order valence-electron chi connectivity index (χ3n) is 4.09. The minimum Gasteiger partial charge on any atom is -0.312 e. The van der Waals surface area contributed by atoms with E-state index in [4.69, 9.17) is 11.6 Å². The van der Waals surface area contributed by atoms with Gasteiger partial charge in [-0.15, -0.1) is 0 Å². The molecule has 1 rings (SSSR count). The Kier molecular flexibility index (Phi) is 5.86. The zero-order valence-electron chi connectivity index (χ0n) is 13.7. The predicted octanol–water partition coefficient (Wildman–Crippen LogP) is 2.12. The van der Waals surface area contributed by atoms with Crippen LogP contribution in [0.3, 0.4) is 0 Å². The van der Waals surface area contributed by atoms with Gasteiger partial charge in [0.25, 0.3) is 0 Å². The zero-order chi connectivity index (χ0) is 16.4. The summed E-state index contributed by atoms with van der Waals surface area (Å²) in [5.74, 6) is 0. The fraction of sp³-hybridized carbons (Fsp3) is 0.786. The van der Waals surface area contributed by atoms with E-state index in [0.717, 1.165) is 24.4 Å². The lowest BCUT2D eigenvalue weighted by Crippen LogP contribution is -2.53. The standard InChI is InChI=1S/C14H26ClN3O2S/c1-7-8-16-12(14(3,4)21(6,19)20)9-11-13(15)10(2)17-18(11)5/h12,16H,7-9H2,1-6H3. The molecular formula is C14H26ClN3O2S. The van der Waals surface area contributed by atoms with E-state index in [9.17, 15) is 8.42 Å². The number of aryl methyl sites for hydroxylation is 2. The van der Waals surface area contributed by atoms with Crippen LogP contribution in [0.1, 0.15) is 38.6 Å². The lowest BCUT2D eigenvalue weighted by atomic mass is 9.97. The van der Waals surface area contributed by atoms with Gasteiger partial charge in [0, 0.05) is 25.8 Å². The largest absolute Gasteiger partial charge is 0.312 e. The number of nitrogens with zero attached hydrogens (tertiary/aromatic N) is 2. The van der Waals surface area contributed by atoms with Gasteiger partial charge >= 0.3 is 0 Å². The number of nitrogens with one attached hydrogen (secondary N) is 1. The van der Waals surface area contributed by atoms with E-state index in [1.54, 1.807) is 18.5 Å². The van der Waals surface area contributed by atoms with Crippen LogP contribution in [-0.4, -0.2) is 41.8 Å². The highest BCUT2D eigenvalue weighted by molar-refractivity contribution is 7.92. The zero-order valence-corrected chi connectivity index (χ0v) is 15.3. The highest BCUT2D eigenvalue weighted by Crippen LogP contribution is 2.27. The van der Waals surface area contributed by atoms with Crippen molar-refractivity contribution in [3.05, 3.63) is 16.4 Å². The molecule has 7 heteroatoms. The first-order chi connectivity index (χ1) is 9.52. The maximum atomic E-state index is 12.1. The van der Waals surface area contributed by atoms with Gasteiger partial charge in [0.15, 0.2) is 9.84 Å². The summed E-state index contributed by atoms with van der Waals surface area (Å²) in [4.78, 5) is 0. The Morgan fingerprint density at radius 3 is 2.38 bits per heavy atom. The highest BCUT2D eigenvalue weighted by atomic mass is 35.5. The van der Waals surface area contributed by atoms with Gasteiger partial charge in [0.05, 0.1) is 21.2 Å². The molecule has 0 aliphatic carbocycles. The summed E-state index contributed by atoms with van der Waals surface area (Å²) in [6.45, 7) is 8.18. The lowest BCUT2D eigenvalue weighted by molar-refractivity contribution is 0.399. The fourth-order valence-electron chi connectivity index (χ4n) is 2.24. The van der Waals surface area contributed by atoms with Gasteiger partial charge in [-0.05, 0) is 33.7 Å². The molecule has 0 amide bonds. The van der Waals surface area contributed by atoms with Gasteiger partial charge in [0.1, 0.15) is 0 Å². The smallest absolute Gasteiger partial charge is 0.154 e. The summed E-state index contributed by atoms with van der Waals surface area (Å²) in [7, 11) is -1.37. The average molecular weight is 336 g/mol. The number of hydrogen-bond acceptors (Lipinski definition) is 4. The number of rotatable bonds is 7. The maximum absolute atomic E-state index is 12.1. The molecule has 0 fully saturated rings. The molecule has 1 N–H and O–H groups in total. The molecule has 0 saturated heterocycles. The normalized spacial score (nSPS) is 14.4. The third kappa shape index (κ3) is 3.99. The Morgan fingerprint density at radius 1 is 1.43 bits per heavy atom. The molecule has 0 spiro atoms. The Bertz CT molecular complexity index is 594. The van der Waals surface area contributed by atoms with E-state index in [2.05, 4.69) is 17.3 Å². The van der Waals surface area contributed by atoms with Gasteiger partial charge in [-0.1, -0.05) is 18.5 Å². The molecule has 0 aromatic carbocycles. The summed E-state index contributed by atoms with van der Waals surface area (Å²) >= 11 is 6.30. The first-order valence-corrected chi connectivity index (χ1v) is 9.40. The van der Waals surface area contributed by atoms with Crippen molar-refractivity contribution in [3.8, 4) is 0 Å². The second-order valence-electron chi connectivity index (χ2n) is 6.06. The molecule has 0 aliphatic heterocycles. The van der Waals surface area contributed by atoms with Gasteiger partial charge in [-0.25, -0.2) is 8.42 Å². The van der Waals surface area contributed by atoms with E-state index in [1.165, 1.54) is 6.26 Å². The van der Waals surface area contributed by atoms with Crippen LogP contribution < -0.4 is 5.32 Å². The van der Waals surface area contributed by atoms with Crippen molar-refractivity contribution in [2.45, 2.75) is 51.3 Å². The molecular weight excluding hydrogens is 310 g/mol. The number of hydrogen-bond donors (Lipinski definition) is 1. The minimum absolute atomic E-state index is 0.222. The van der Waals surface area contributed by atoms with Crippen molar-refractivity contribution in [3.63, 3.8) is 0 Å². The predicted molar refractivity (Wildman–Crippen MR) is 87.7 cm³/mol. The Hall–Kier alpha value is -0.590. The van der Waals surface area contributed by atoms with Crippen molar-refractivity contribution < 1.29 is 8.42 Å². The Morgan fingerprint density at radius 2 is 2.00 bits per heavy atom. The molecule has 21 heavy (non-hydrogen) atoms. The van der Waals surface area contributed by atoms with E-state index in [1.807, 2.05) is 14.0 Å². The molecule has 1 aromatic heterocycles. The monoisotopic (exact) mass is 335 g/mol. The molecule has 0 bridgehead atoms. The van der Waals surface area contributed by atoms with Crippen LogP contribution in [0.5, 0.6) is 0 Å². The molecule has 0 saturated carbocycles. The maximum Gasteiger partial charge on any atom is 0.154 e. The Balaban J connectivity index is 3.15. The summed E-state index contributed by atoms with van der Waals surface area (Å²) in [6.07, 6.45) is 2.74. The van der Waals surface area contributed by atoms with E-state index in [0.29, 0.717) is 11.4 Å². The molecule has 1 aromatic rings. The molecule has 0 aliphatic rings. The van der Waals surface area contributed by atoms with Gasteiger partial charge in [-0.2, -0.15) is 5.10 Å². The van der Waals surface area contributed by atoms with E-state index in [-0.39, 0.29) is 6.04 Å². The van der Waals surface area contributed by atoms with Gasteiger partial charge in [0.2, 0.25) is 0 Å². The second-order valence-corrected chi connectivity index (χ2v) is 9.03. The number of aromatic nitrogens is 2. The lowest BCUT2D eigenvalue weighted by Gasteiger charge is -2.33. The molecule has 5 nitrogen and oxygen atoms in total. The number of sulfone groups is 1. The average Bonchev–Trinajstić information content (AvgIpc) is 2.58. The van der Waals surface area contributed by atoms with Crippen molar-refractivity contribution in [1.29, 1.82) is 0 Å². The molecule has 0 radical (unpaired) electrons. The van der Waals surface area contributed by atoms with Crippen molar-refractivity contribution in [2.24, 2.45) is 7.05 Å². The summed E-state index contributed by atoms with van der Waals surface area (Å²) in [5, 5.41) is 8.26. The first kappa shape index (κ1) is 18.5. The van der Waals surface area contributed by atoms with Crippen LogP contribution in [0.25, 0.3) is 0 Å². The van der Waals surface area contributed by atoms with Crippen LogP contribution in [0.15, 0.2) is 0 Å². The SMILES string of the molecule is CCCNC(Cc1c(Cl)c(C)nn1C)C(C)(C)S(C)(=O)=O. The van der Waals surface area contributed by atoms with E-state index >= 15 is 0 Å². The molecule has 1 unspecified atom stereocenters. The van der Waals surface area contributed by atoms with Crippen LogP contribution in [0, 0.1) is 6.92 Å². The summed E-state index contributed by atoms with van der Waals surface area (Å²) in [5.41, 5.74) is 1.63. The van der Waals surface area contributed by atoms with Gasteiger partial charge in [-0.3, -0.25) is 4.68 Å². The van der Waals surface area contributed by atoms with Crippen LogP contribution in [-0.2, 0) is 23.3 Å². The van der Waals surface area contributed by atoms with Crippen LogP contribution in [0.2, 0.25) is 5.02 Å². The third-order valence-corrected chi connectivity index (χ3v) is 6.78. The van der Waals surface area contributed by atoms with Crippen LogP contribution >= 0.6 is 11.6 Å².